The molecule has 140 valence electrons. The lowest BCUT2D eigenvalue weighted by Crippen LogP contribution is -2.38. The van der Waals surface area contributed by atoms with Crippen LogP contribution in [0.15, 0.2) is 18.3 Å². The molecule has 0 aliphatic carbocycles. The number of halogens is 5. The van der Waals surface area contributed by atoms with Crippen molar-refractivity contribution in [1.29, 1.82) is 0 Å². The number of likely N-dealkylation sites (tertiary alicyclic amines) is 1. The smallest absolute Gasteiger partial charge is 0.472 e. The number of hydrogen-bond acceptors (Lipinski definition) is 5. The van der Waals surface area contributed by atoms with Crippen molar-refractivity contribution < 1.29 is 46.1 Å². The van der Waals surface area contributed by atoms with Crippen molar-refractivity contribution in [2.45, 2.75) is 31.5 Å². The maximum Gasteiger partial charge on any atom is 0.573 e. The van der Waals surface area contributed by atoms with Gasteiger partial charge in [-0.15, -0.1) is 13.2 Å². The van der Waals surface area contributed by atoms with Crippen LogP contribution in [0, 0.1) is 0 Å². The van der Waals surface area contributed by atoms with Crippen LogP contribution in [0.5, 0.6) is 11.6 Å². The van der Waals surface area contributed by atoms with E-state index in [1.807, 2.05) is 0 Å². The zero-order valence-corrected chi connectivity index (χ0v) is 12.4. The number of pyridine rings is 1. The van der Waals surface area contributed by atoms with Crippen LogP contribution < -0.4 is 9.47 Å². The van der Waals surface area contributed by atoms with E-state index in [1.54, 1.807) is 0 Å². The molecule has 0 spiro atoms. The normalized spacial score (nSPS) is 20.8. The van der Waals surface area contributed by atoms with Crippen molar-refractivity contribution in [3.8, 4) is 11.6 Å². The second-order valence-corrected chi connectivity index (χ2v) is 5.04. The highest BCUT2D eigenvalue weighted by Gasteiger charge is 2.37. The molecule has 0 bridgehead atoms. The molecule has 2 rings (SSSR count). The van der Waals surface area contributed by atoms with Gasteiger partial charge in [0.05, 0.1) is 25.4 Å². The van der Waals surface area contributed by atoms with E-state index in [0.717, 1.165) is 23.2 Å². The molecule has 1 fully saturated rings. The summed E-state index contributed by atoms with van der Waals surface area (Å²) in [5.74, 6) is -0.595. The molecule has 2 atom stereocenters. The van der Waals surface area contributed by atoms with Gasteiger partial charge in [0.1, 0.15) is 11.9 Å². The van der Waals surface area contributed by atoms with E-state index in [2.05, 4.69) is 14.5 Å². The zero-order chi connectivity index (χ0) is 18.6. The van der Waals surface area contributed by atoms with Crippen molar-refractivity contribution in [3.05, 3.63) is 18.3 Å². The predicted molar refractivity (Wildman–Crippen MR) is 70.4 cm³/mol. The van der Waals surface area contributed by atoms with E-state index in [0.29, 0.717) is 0 Å². The standard InChI is InChI=1S/C13H13F5N2O5/c14-11(15)23-6-7-3-9(5-20(7)12(21)22)24-10-2-1-8(4-19-10)25-13(16,17)18/h1-2,4,7,9,11H,3,5-6H2,(H,21,22). The van der Waals surface area contributed by atoms with Gasteiger partial charge < -0.3 is 19.3 Å². The van der Waals surface area contributed by atoms with E-state index in [-0.39, 0.29) is 18.8 Å². The topological polar surface area (TPSA) is 81.1 Å². The Morgan fingerprint density at radius 1 is 1.40 bits per heavy atom. The molecule has 1 saturated heterocycles. The van der Waals surface area contributed by atoms with E-state index in [1.165, 1.54) is 0 Å². The molecular weight excluding hydrogens is 359 g/mol. The van der Waals surface area contributed by atoms with Crippen molar-refractivity contribution in [1.82, 2.24) is 9.88 Å². The third kappa shape index (κ3) is 5.89. The van der Waals surface area contributed by atoms with E-state index >= 15 is 0 Å². The third-order valence-electron chi connectivity index (χ3n) is 3.27. The second kappa shape index (κ2) is 7.68. The Balaban J connectivity index is 1.94. The summed E-state index contributed by atoms with van der Waals surface area (Å²) in [4.78, 5) is 15.6. The molecular formula is C13H13F5N2O5. The molecule has 0 saturated carbocycles. The average molecular weight is 372 g/mol. The summed E-state index contributed by atoms with van der Waals surface area (Å²) in [6.07, 6.45) is -6.01. The van der Waals surface area contributed by atoms with Crippen LogP contribution in [-0.4, -0.2) is 59.4 Å². The minimum atomic E-state index is -4.85. The van der Waals surface area contributed by atoms with Gasteiger partial charge >= 0.3 is 19.1 Å². The highest BCUT2D eigenvalue weighted by atomic mass is 19.4. The van der Waals surface area contributed by atoms with E-state index in [4.69, 9.17) is 9.84 Å². The fourth-order valence-electron chi connectivity index (χ4n) is 2.34. The summed E-state index contributed by atoms with van der Waals surface area (Å²) in [5, 5.41) is 9.07. The molecule has 1 amide bonds. The largest absolute Gasteiger partial charge is 0.573 e. The summed E-state index contributed by atoms with van der Waals surface area (Å²) >= 11 is 0. The van der Waals surface area contributed by atoms with Crippen LogP contribution in [0.25, 0.3) is 0 Å². The number of nitrogens with zero attached hydrogens (tertiary/aromatic N) is 2. The summed E-state index contributed by atoms with van der Waals surface area (Å²) in [6.45, 7) is -3.65. The number of aromatic nitrogens is 1. The summed E-state index contributed by atoms with van der Waals surface area (Å²) in [7, 11) is 0. The highest BCUT2D eigenvalue weighted by molar-refractivity contribution is 5.66. The molecule has 1 N–H and O–H groups in total. The van der Waals surface area contributed by atoms with Crippen molar-refractivity contribution in [2.75, 3.05) is 13.2 Å². The highest BCUT2D eigenvalue weighted by Crippen LogP contribution is 2.26. The fourth-order valence-corrected chi connectivity index (χ4v) is 2.34. The molecule has 12 heteroatoms. The van der Waals surface area contributed by atoms with Crippen LogP contribution in [0.3, 0.4) is 0 Å². The van der Waals surface area contributed by atoms with Gasteiger partial charge in [-0.25, -0.2) is 9.78 Å². The van der Waals surface area contributed by atoms with Crippen LogP contribution in [0.2, 0.25) is 0 Å². The van der Waals surface area contributed by atoms with Crippen LogP contribution in [-0.2, 0) is 4.74 Å². The molecule has 25 heavy (non-hydrogen) atoms. The van der Waals surface area contributed by atoms with Gasteiger partial charge in [0.25, 0.3) is 0 Å². The Hall–Kier alpha value is -2.37. The van der Waals surface area contributed by atoms with Crippen molar-refractivity contribution in [3.63, 3.8) is 0 Å². The number of carboxylic acid groups (broad SMARTS) is 1. The molecule has 1 aliphatic rings. The van der Waals surface area contributed by atoms with Gasteiger partial charge in [-0.1, -0.05) is 0 Å². The molecule has 1 aromatic rings. The fraction of sp³-hybridized carbons (Fsp3) is 0.538. The lowest BCUT2D eigenvalue weighted by Gasteiger charge is -2.20. The molecule has 1 aromatic heterocycles. The first-order valence-corrected chi connectivity index (χ1v) is 6.92. The Kier molecular flexibility index (Phi) is 5.82. The molecule has 7 nitrogen and oxygen atoms in total. The Morgan fingerprint density at radius 3 is 2.64 bits per heavy atom. The average Bonchev–Trinajstić information content (AvgIpc) is 2.89. The lowest BCUT2D eigenvalue weighted by atomic mass is 10.2. The molecule has 2 unspecified atom stereocenters. The van der Waals surface area contributed by atoms with Crippen LogP contribution in [0.4, 0.5) is 26.7 Å². The SMILES string of the molecule is O=C(O)N1CC(Oc2ccc(OC(F)(F)F)cn2)CC1COC(F)F. The first-order chi connectivity index (χ1) is 11.6. The monoisotopic (exact) mass is 372 g/mol. The Morgan fingerprint density at radius 2 is 2.12 bits per heavy atom. The van der Waals surface area contributed by atoms with Crippen molar-refractivity contribution >= 4 is 6.09 Å². The quantitative estimate of drug-likeness (QED) is 0.774. The van der Waals surface area contributed by atoms with Gasteiger partial charge in [-0.2, -0.15) is 8.78 Å². The number of hydrogen-bond donors (Lipinski definition) is 1. The maximum absolute atomic E-state index is 12.1. The maximum atomic E-state index is 12.1. The summed E-state index contributed by atoms with van der Waals surface area (Å²) in [5.41, 5.74) is 0. The molecule has 2 heterocycles. The Bertz CT molecular complexity index is 583. The van der Waals surface area contributed by atoms with E-state index in [9.17, 15) is 26.7 Å². The number of rotatable bonds is 6. The molecule has 0 aromatic carbocycles. The van der Waals surface area contributed by atoms with Crippen LogP contribution in [0.1, 0.15) is 6.42 Å². The van der Waals surface area contributed by atoms with Gasteiger partial charge in [0, 0.05) is 12.5 Å². The zero-order valence-electron chi connectivity index (χ0n) is 12.4. The molecule has 0 radical (unpaired) electrons. The van der Waals surface area contributed by atoms with Gasteiger partial charge in [0.2, 0.25) is 5.88 Å². The van der Waals surface area contributed by atoms with E-state index < -0.39 is 43.6 Å². The first-order valence-electron chi connectivity index (χ1n) is 6.92. The number of carbonyl (C=O) groups is 1. The van der Waals surface area contributed by atoms with Gasteiger partial charge in [-0.3, -0.25) is 4.90 Å². The first kappa shape index (κ1) is 19.0. The third-order valence-corrected chi connectivity index (χ3v) is 3.27. The van der Waals surface area contributed by atoms with Gasteiger partial charge in [0.15, 0.2) is 0 Å². The lowest BCUT2D eigenvalue weighted by molar-refractivity contribution is -0.274. The number of alkyl halides is 5. The Labute approximate surface area is 137 Å². The van der Waals surface area contributed by atoms with Crippen LogP contribution >= 0.6 is 0 Å². The van der Waals surface area contributed by atoms with Gasteiger partial charge in [-0.05, 0) is 6.07 Å². The van der Waals surface area contributed by atoms with Crippen molar-refractivity contribution in [2.24, 2.45) is 0 Å². The summed E-state index contributed by atoms with van der Waals surface area (Å²) < 4.78 is 73.5. The minimum absolute atomic E-state index is 0.0553. The second-order valence-electron chi connectivity index (χ2n) is 5.04. The minimum Gasteiger partial charge on any atom is -0.472 e. The molecule has 1 aliphatic heterocycles. The summed E-state index contributed by atoms with van der Waals surface area (Å²) in [6, 6.07) is 1.27. The predicted octanol–water partition coefficient (Wildman–Crippen LogP) is 2.72. The number of amides is 1. The number of ether oxygens (including phenoxy) is 3.